The average molecular weight is 504 g/mol. The lowest BCUT2D eigenvalue weighted by Crippen LogP contribution is -2.32. The molecule has 2 aromatic carbocycles. The lowest BCUT2D eigenvalue weighted by atomic mass is 9.76. The van der Waals surface area contributed by atoms with Crippen molar-refractivity contribution in [1.82, 2.24) is 15.1 Å². The van der Waals surface area contributed by atoms with Crippen LogP contribution in [0.2, 0.25) is 0 Å². The van der Waals surface area contributed by atoms with Gasteiger partial charge in [0.25, 0.3) is 0 Å². The Labute approximate surface area is 208 Å². The van der Waals surface area contributed by atoms with Gasteiger partial charge in [0.1, 0.15) is 6.23 Å². The Morgan fingerprint density at radius 3 is 2.42 bits per heavy atom. The fourth-order valence-corrected chi connectivity index (χ4v) is 5.21. The van der Waals surface area contributed by atoms with Crippen molar-refractivity contribution in [1.29, 1.82) is 0 Å². The van der Waals surface area contributed by atoms with Crippen molar-refractivity contribution in [2.24, 2.45) is 17.8 Å². The number of nitrogens with one attached hydrogen (secondary N) is 1. The minimum absolute atomic E-state index is 0.205. The third kappa shape index (κ3) is 5.73. The Morgan fingerprint density at radius 2 is 1.81 bits per heavy atom. The van der Waals surface area contributed by atoms with Crippen LogP contribution in [-0.2, 0) is 17.5 Å². The first-order chi connectivity index (χ1) is 17.0. The normalized spacial score (nSPS) is 20.4. The minimum atomic E-state index is -4.37. The number of aryl methyl sites for hydroxylation is 1. The Hall–Kier alpha value is -2.91. The lowest BCUT2D eigenvalue weighted by molar-refractivity contribution is -0.143. The molecule has 6 nitrogen and oxygen atoms in total. The van der Waals surface area contributed by atoms with Gasteiger partial charge in [-0.3, -0.25) is 14.8 Å². The number of hydrogen-bond acceptors (Lipinski definition) is 4. The number of fused-ring (bicyclic) bond motifs is 1. The smallest absolute Gasteiger partial charge is 0.416 e. The Kier molecular flexibility index (Phi) is 7.70. The highest BCUT2D eigenvalue weighted by Gasteiger charge is 2.30. The van der Waals surface area contributed by atoms with Gasteiger partial charge in [-0.2, -0.15) is 18.3 Å². The number of nitrogens with zero attached hydrogens (tertiary/aromatic N) is 2. The summed E-state index contributed by atoms with van der Waals surface area (Å²) in [5.74, 6) is -0.491. The van der Waals surface area contributed by atoms with E-state index < -0.39 is 23.9 Å². The molecule has 36 heavy (non-hydrogen) atoms. The molecule has 2 atom stereocenters. The fourth-order valence-electron chi connectivity index (χ4n) is 5.21. The van der Waals surface area contributed by atoms with Crippen LogP contribution in [0.3, 0.4) is 0 Å². The molecule has 1 aliphatic carbocycles. The number of aliphatic hydroxyl groups is 1. The molecule has 1 aliphatic rings. The van der Waals surface area contributed by atoms with Gasteiger partial charge in [-0.1, -0.05) is 31.2 Å². The first kappa shape index (κ1) is 26.2. The molecule has 0 aliphatic heterocycles. The zero-order chi connectivity index (χ0) is 26.0. The number of benzene rings is 2. The van der Waals surface area contributed by atoms with Crippen molar-refractivity contribution in [3.63, 3.8) is 0 Å². The summed E-state index contributed by atoms with van der Waals surface area (Å²) >= 11 is 0. The number of aromatic nitrogens is 2. The van der Waals surface area contributed by atoms with Gasteiger partial charge in [-0.05, 0) is 67.7 Å². The molecule has 9 heteroatoms. The van der Waals surface area contributed by atoms with Gasteiger partial charge in [-0.25, -0.2) is 0 Å². The Bertz CT molecular complexity index is 1200. The van der Waals surface area contributed by atoms with Crippen LogP contribution in [0.1, 0.15) is 61.1 Å². The number of alkyl halides is 3. The number of carboxylic acids is 1. The lowest BCUT2D eigenvalue weighted by Gasteiger charge is -2.31. The largest absolute Gasteiger partial charge is 0.481 e. The molecular weight excluding hydrogens is 471 g/mol. The number of halogens is 3. The van der Waals surface area contributed by atoms with Gasteiger partial charge in [0.15, 0.2) is 0 Å². The van der Waals surface area contributed by atoms with Crippen LogP contribution in [0.25, 0.3) is 10.9 Å². The van der Waals surface area contributed by atoms with E-state index in [0.717, 1.165) is 54.3 Å². The summed E-state index contributed by atoms with van der Waals surface area (Å²) in [4.78, 5) is 11.2. The number of carboxylic acid groups (broad SMARTS) is 1. The van der Waals surface area contributed by atoms with E-state index in [2.05, 4.69) is 10.4 Å². The standard InChI is InChI=1S/C27H32F3N3O3/c1-16-3-12-22(25(34)31-13-18-4-8-20(9-5-18)17(2)26(35)36)23-14-32-33(24(16)23)15-19-6-10-21(11-7-19)27(28,29)30/h3,6-7,10-12,14,17-18,20,25,31,34H,4-5,8-9,13,15H2,1-2H3,(H,35,36). The topological polar surface area (TPSA) is 87.4 Å². The minimum Gasteiger partial charge on any atom is -0.481 e. The predicted molar refractivity (Wildman–Crippen MR) is 130 cm³/mol. The number of hydrogen-bond donors (Lipinski definition) is 3. The highest BCUT2D eigenvalue weighted by Crippen LogP contribution is 2.34. The van der Waals surface area contributed by atoms with Crippen molar-refractivity contribution in [3.05, 3.63) is 64.8 Å². The second-order valence-corrected chi connectivity index (χ2v) is 9.95. The summed E-state index contributed by atoms with van der Waals surface area (Å²) in [6.45, 7) is 4.65. The van der Waals surface area contributed by atoms with E-state index in [1.54, 1.807) is 17.8 Å². The van der Waals surface area contributed by atoms with Gasteiger partial charge in [-0.15, -0.1) is 0 Å². The molecule has 0 bridgehead atoms. The second kappa shape index (κ2) is 10.6. The SMILES string of the molecule is Cc1ccc(C(O)NCC2CCC(C(C)C(=O)O)CC2)c2cnn(Cc3ccc(C(F)(F)F)cc3)c12. The molecule has 1 saturated carbocycles. The van der Waals surface area contributed by atoms with E-state index in [9.17, 15) is 28.2 Å². The predicted octanol–water partition coefficient (Wildman–Crippen LogP) is 5.52. The first-order valence-corrected chi connectivity index (χ1v) is 12.3. The molecule has 1 heterocycles. The third-order valence-corrected chi connectivity index (χ3v) is 7.53. The summed E-state index contributed by atoms with van der Waals surface area (Å²) in [7, 11) is 0. The van der Waals surface area contributed by atoms with Gasteiger partial charge < -0.3 is 10.2 Å². The number of carbonyl (C=O) groups is 1. The Morgan fingerprint density at radius 1 is 1.14 bits per heavy atom. The molecule has 2 unspecified atom stereocenters. The average Bonchev–Trinajstić information content (AvgIpc) is 3.26. The molecule has 0 saturated heterocycles. The third-order valence-electron chi connectivity index (χ3n) is 7.53. The van der Waals surface area contributed by atoms with Crippen LogP contribution >= 0.6 is 0 Å². The van der Waals surface area contributed by atoms with E-state index in [0.29, 0.717) is 30.1 Å². The van der Waals surface area contributed by atoms with Gasteiger partial charge >= 0.3 is 12.1 Å². The first-order valence-electron chi connectivity index (χ1n) is 12.3. The van der Waals surface area contributed by atoms with E-state index in [-0.39, 0.29) is 11.8 Å². The second-order valence-electron chi connectivity index (χ2n) is 9.95. The maximum absolute atomic E-state index is 12.9. The summed E-state index contributed by atoms with van der Waals surface area (Å²) < 4.78 is 40.4. The molecule has 0 radical (unpaired) electrons. The molecule has 4 rings (SSSR count). The van der Waals surface area contributed by atoms with E-state index in [1.165, 1.54) is 12.1 Å². The highest BCUT2D eigenvalue weighted by atomic mass is 19.4. The molecule has 0 spiro atoms. The molecule has 1 aromatic heterocycles. The number of aliphatic hydroxyl groups excluding tert-OH is 1. The van der Waals surface area contributed by atoms with Gasteiger partial charge in [0.05, 0.1) is 29.7 Å². The van der Waals surface area contributed by atoms with Crippen molar-refractivity contribution in [3.8, 4) is 0 Å². The maximum Gasteiger partial charge on any atom is 0.416 e. The molecular formula is C27H32F3N3O3. The summed E-state index contributed by atoms with van der Waals surface area (Å²) in [6, 6.07) is 8.83. The molecule has 0 amide bonds. The fraction of sp³-hybridized carbons (Fsp3) is 0.481. The van der Waals surface area contributed by atoms with E-state index in [1.807, 2.05) is 19.1 Å². The molecule has 3 aromatic rings. The van der Waals surface area contributed by atoms with Crippen molar-refractivity contribution in [2.75, 3.05) is 6.54 Å². The van der Waals surface area contributed by atoms with Crippen molar-refractivity contribution >= 4 is 16.9 Å². The Balaban J connectivity index is 1.42. The van der Waals surface area contributed by atoms with Crippen LogP contribution in [0.5, 0.6) is 0 Å². The van der Waals surface area contributed by atoms with Crippen LogP contribution in [0.4, 0.5) is 13.2 Å². The van der Waals surface area contributed by atoms with E-state index >= 15 is 0 Å². The van der Waals surface area contributed by atoms with Crippen LogP contribution < -0.4 is 5.32 Å². The summed E-state index contributed by atoms with van der Waals surface area (Å²) in [5, 5.41) is 28.6. The maximum atomic E-state index is 12.9. The number of rotatable bonds is 8. The van der Waals surface area contributed by atoms with E-state index in [4.69, 9.17) is 0 Å². The quantitative estimate of drug-likeness (QED) is 0.353. The van der Waals surface area contributed by atoms with Crippen LogP contribution in [-0.4, -0.2) is 32.5 Å². The summed E-state index contributed by atoms with van der Waals surface area (Å²) in [6.07, 6.45) is 0.0233. The molecule has 194 valence electrons. The van der Waals surface area contributed by atoms with Gasteiger partial charge in [0, 0.05) is 17.5 Å². The molecule has 3 N–H and O–H groups in total. The zero-order valence-corrected chi connectivity index (χ0v) is 20.4. The van der Waals surface area contributed by atoms with Crippen molar-refractivity contribution in [2.45, 2.75) is 58.5 Å². The van der Waals surface area contributed by atoms with Gasteiger partial charge in [0.2, 0.25) is 0 Å². The highest BCUT2D eigenvalue weighted by molar-refractivity contribution is 5.85. The van der Waals surface area contributed by atoms with Crippen LogP contribution in [0.15, 0.2) is 42.6 Å². The molecule has 1 fully saturated rings. The number of aliphatic carboxylic acids is 1. The van der Waals surface area contributed by atoms with Crippen molar-refractivity contribution < 1.29 is 28.2 Å². The zero-order valence-electron chi connectivity index (χ0n) is 20.4. The monoisotopic (exact) mass is 503 g/mol. The summed E-state index contributed by atoms with van der Waals surface area (Å²) in [5.41, 5.74) is 2.49. The van der Waals surface area contributed by atoms with Crippen LogP contribution in [0, 0.1) is 24.7 Å².